The Morgan fingerprint density at radius 1 is 1.25 bits per heavy atom. The van der Waals surface area contributed by atoms with Gasteiger partial charge >= 0.3 is 0 Å². The second-order valence-corrected chi connectivity index (χ2v) is 8.04. The van der Waals surface area contributed by atoms with E-state index in [0.717, 1.165) is 42.9 Å². The summed E-state index contributed by atoms with van der Waals surface area (Å²) in [5.74, 6) is 1.90. The summed E-state index contributed by atoms with van der Waals surface area (Å²) in [6, 6.07) is 2.40. The number of anilines is 1. The van der Waals surface area contributed by atoms with E-state index in [1.807, 2.05) is 33.0 Å². The van der Waals surface area contributed by atoms with Gasteiger partial charge in [0, 0.05) is 31.2 Å². The minimum absolute atomic E-state index is 0.252. The topological polar surface area (TPSA) is 65.1 Å². The Labute approximate surface area is 142 Å². The summed E-state index contributed by atoms with van der Waals surface area (Å²) >= 11 is 0. The molecular weight excluding hydrogens is 302 g/mol. The van der Waals surface area contributed by atoms with Crippen molar-refractivity contribution in [2.45, 2.75) is 39.7 Å². The van der Waals surface area contributed by atoms with Crippen molar-refractivity contribution in [3.63, 3.8) is 0 Å². The lowest BCUT2D eigenvalue weighted by Gasteiger charge is -2.41. The van der Waals surface area contributed by atoms with Gasteiger partial charge in [0.05, 0.1) is 11.4 Å². The predicted octanol–water partition coefficient (Wildman–Crippen LogP) is 2.43. The van der Waals surface area contributed by atoms with Crippen molar-refractivity contribution in [1.29, 1.82) is 0 Å². The molecule has 6 heteroatoms. The molecule has 4 rings (SSSR count). The third kappa shape index (κ3) is 2.44. The largest absolute Gasteiger partial charge is 0.351 e. The lowest BCUT2D eigenvalue weighted by Crippen LogP contribution is -2.52. The monoisotopic (exact) mass is 327 g/mol. The number of piperidine rings is 1. The highest BCUT2D eigenvalue weighted by Gasteiger charge is 2.42. The summed E-state index contributed by atoms with van der Waals surface area (Å²) in [7, 11) is 0. The first kappa shape index (κ1) is 15.4. The number of fused-ring (bicyclic) bond motifs is 2. The summed E-state index contributed by atoms with van der Waals surface area (Å²) < 4.78 is 0. The zero-order chi connectivity index (χ0) is 16.9. The standard InChI is InChI=1S/C18H25N5O/c1-18(2,3)17(24)22-8-5-12-6-9-23(14(12)10-22)16-13-4-7-19-15(13)20-11-21-16/h4,7,11-12,14H,5-6,8-10H2,1-3H3,(H,19,20,21). The highest BCUT2D eigenvalue weighted by atomic mass is 16.2. The van der Waals surface area contributed by atoms with Gasteiger partial charge in [-0.3, -0.25) is 4.79 Å². The van der Waals surface area contributed by atoms with Crippen LogP contribution in [-0.4, -0.2) is 51.4 Å². The normalized spacial score (nSPS) is 24.5. The zero-order valence-corrected chi connectivity index (χ0v) is 14.6. The van der Waals surface area contributed by atoms with Crippen LogP contribution in [0.25, 0.3) is 11.0 Å². The van der Waals surface area contributed by atoms with E-state index >= 15 is 0 Å². The smallest absolute Gasteiger partial charge is 0.228 e. The van der Waals surface area contributed by atoms with E-state index in [1.54, 1.807) is 6.33 Å². The highest BCUT2D eigenvalue weighted by molar-refractivity contribution is 5.87. The van der Waals surface area contributed by atoms with E-state index < -0.39 is 0 Å². The van der Waals surface area contributed by atoms with Gasteiger partial charge in [-0.2, -0.15) is 0 Å². The Hall–Kier alpha value is -2.11. The molecular formula is C18H25N5O. The number of carbonyl (C=O) groups excluding carboxylic acids is 1. The fourth-order valence-electron chi connectivity index (χ4n) is 4.15. The fraction of sp³-hybridized carbons (Fsp3) is 0.611. The van der Waals surface area contributed by atoms with Gasteiger partial charge in [0.25, 0.3) is 0 Å². The Balaban J connectivity index is 1.62. The van der Waals surface area contributed by atoms with Crippen LogP contribution in [0.5, 0.6) is 0 Å². The Morgan fingerprint density at radius 2 is 2.04 bits per heavy atom. The number of amides is 1. The second-order valence-electron chi connectivity index (χ2n) is 8.04. The zero-order valence-electron chi connectivity index (χ0n) is 14.6. The number of aromatic nitrogens is 3. The van der Waals surface area contributed by atoms with E-state index in [4.69, 9.17) is 0 Å². The van der Waals surface area contributed by atoms with Gasteiger partial charge in [0.15, 0.2) is 0 Å². The molecule has 2 aromatic heterocycles. The number of aromatic amines is 1. The molecule has 0 spiro atoms. The average molecular weight is 327 g/mol. The summed E-state index contributed by atoms with van der Waals surface area (Å²) in [4.78, 5) is 29.2. The molecule has 2 aliphatic rings. The maximum Gasteiger partial charge on any atom is 0.228 e. The number of nitrogens with zero attached hydrogens (tertiary/aromatic N) is 4. The van der Waals surface area contributed by atoms with Crippen molar-refractivity contribution in [2.24, 2.45) is 11.3 Å². The SMILES string of the molecule is CC(C)(C)C(=O)N1CCC2CCN(c3ncnc4[nH]ccc34)C2C1. The molecule has 2 atom stereocenters. The minimum Gasteiger partial charge on any atom is -0.351 e. The van der Waals surface area contributed by atoms with Gasteiger partial charge in [-0.1, -0.05) is 20.8 Å². The summed E-state index contributed by atoms with van der Waals surface area (Å²) in [5.41, 5.74) is 0.556. The molecule has 0 aromatic carbocycles. The van der Waals surface area contributed by atoms with Crippen LogP contribution in [0, 0.1) is 11.3 Å². The van der Waals surface area contributed by atoms with E-state index in [1.165, 1.54) is 6.42 Å². The van der Waals surface area contributed by atoms with Crippen molar-refractivity contribution in [3.05, 3.63) is 18.6 Å². The van der Waals surface area contributed by atoms with Crippen LogP contribution in [0.3, 0.4) is 0 Å². The fourth-order valence-corrected chi connectivity index (χ4v) is 4.15. The van der Waals surface area contributed by atoms with Crippen molar-refractivity contribution in [1.82, 2.24) is 19.9 Å². The Bertz CT molecular complexity index is 762. The van der Waals surface area contributed by atoms with Crippen LogP contribution >= 0.6 is 0 Å². The molecule has 1 amide bonds. The number of H-pyrrole nitrogens is 1. The number of carbonyl (C=O) groups is 1. The molecule has 6 nitrogen and oxygen atoms in total. The molecule has 24 heavy (non-hydrogen) atoms. The number of hydrogen-bond acceptors (Lipinski definition) is 4. The van der Waals surface area contributed by atoms with Crippen molar-refractivity contribution in [2.75, 3.05) is 24.5 Å². The van der Waals surface area contributed by atoms with E-state index in [9.17, 15) is 4.79 Å². The summed E-state index contributed by atoms with van der Waals surface area (Å²) in [6.07, 6.45) is 5.80. The van der Waals surface area contributed by atoms with Gasteiger partial charge in [-0.25, -0.2) is 9.97 Å². The quantitative estimate of drug-likeness (QED) is 0.874. The molecule has 0 radical (unpaired) electrons. The first-order chi connectivity index (χ1) is 11.4. The van der Waals surface area contributed by atoms with Crippen LogP contribution in [0.2, 0.25) is 0 Å². The molecule has 2 saturated heterocycles. The number of nitrogens with one attached hydrogen (secondary N) is 1. The maximum absolute atomic E-state index is 12.7. The first-order valence-corrected chi connectivity index (χ1v) is 8.79. The lowest BCUT2D eigenvalue weighted by atomic mass is 9.88. The third-order valence-corrected chi connectivity index (χ3v) is 5.40. The molecule has 4 heterocycles. The summed E-state index contributed by atoms with van der Waals surface area (Å²) in [6.45, 7) is 8.69. The predicted molar refractivity (Wildman–Crippen MR) is 93.8 cm³/mol. The molecule has 2 aliphatic heterocycles. The van der Waals surface area contributed by atoms with E-state index in [0.29, 0.717) is 12.0 Å². The molecule has 2 fully saturated rings. The van der Waals surface area contributed by atoms with E-state index in [-0.39, 0.29) is 11.3 Å². The third-order valence-electron chi connectivity index (χ3n) is 5.40. The molecule has 2 unspecified atom stereocenters. The van der Waals surface area contributed by atoms with E-state index in [2.05, 4.69) is 24.8 Å². The lowest BCUT2D eigenvalue weighted by molar-refractivity contribution is -0.141. The van der Waals surface area contributed by atoms with Crippen molar-refractivity contribution < 1.29 is 4.79 Å². The highest BCUT2D eigenvalue weighted by Crippen LogP contribution is 2.37. The number of rotatable bonds is 1. The maximum atomic E-state index is 12.7. The van der Waals surface area contributed by atoms with Crippen molar-refractivity contribution in [3.8, 4) is 0 Å². The molecule has 0 aliphatic carbocycles. The van der Waals surface area contributed by atoms with Gasteiger partial charge in [0.2, 0.25) is 5.91 Å². The van der Waals surface area contributed by atoms with Gasteiger partial charge in [-0.05, 0) is 24.8 Å². The number of hydrogen-bond donors (Lipinski definition) is 1. The first-order valence-electron chi connectivity index (χ1n) is 8.79. The van der Waals surface area contributed by atoms with Gasteiger partial charge in [0.1, 0.15) is 17.8 Å². The van der Waals surface area contributed by atoms with Gasteiger partial charge < -0.3 is 14.8 Å². The molecule has 128 valence electrons. The minimum atomic E-state index is -0.320. The van der Waals surface area contributed by atoms with Crippen LogP contribution in [0.1, 0.15) is 33.6 Å². The molecule has 0 bridgehead atoms. The van der Waals surface area contributed by atoms with Crippen LogP contribution < -0.4 is 4.90 Å². The van der Waals surface area contributed by atoms with Crippen LogP contribution in [0.4, 0.5) is 5.82 Å². The average Bonchev–Trinajstić information content (AvgIpc) is 3.19. The van der Waals surface area contributed by atoms with Crippen LogP contribution in [0.15, 0.2) is 18.6 Å². The van der Waals surface area contributed by atoms with Crippen molar-refractivity contribution >= 4 is 22.8 Å². The molecule has 0 saturated carbocycles. The number of likely N-dealkylation sites (tertiary alicyclic amines) is 1. The van der Waals surface area contributed by atoms with Gasteiger partial charge in [-0.15, -0.1) is 0 Å². The molecule has 2 aromatic rings. The Morgan fingerprint density at radius 3 is 2.83 bits per heavy atom. The summed E-state index contributed by atoms with van der Waals surface area (Å²) in [5, 5.41) is 1.07. The van der Waals surface area contributed by atoms with Crippen LogP contribution in [-0.2, 0) is 4.79 Å². The second kappa shape index (κ2) is 5.46. The Kier molecular flexibility index (Phi) is 3.51. The molecule has 1 N–H and O–H groups in total.